The summed E-state index contributed by atoms with van der Waals surface area (Å²) in [4.78, 5) is 23.6. The molecular formula is C16H19N3OS. The fourth-order valence-electron chi connectivity index (χ4n) is 2.66. The number of hydrogen-bond donors (Lipinski definition) is 1. The summed E-state index contributed by atoms with van der Waals surface area (Å²) in [6, 6.07) is 7.36. The molecule has 0 atom stereocenters. The minimum absolute atomic E-state index is 0.0748. The lowest BCUT2D eigenvalue weighted by Gasteiger charge is -2.20. The van der Waals surface area contributed by atoms with E-state index in [9.17, 15) is 4.79 Å². The van der Waals surface area contributed by atoms with Crippen molar-refractivity contribution in [2.45, 2.75) is 48.9 Å². The lowest BCUT2D eigenvalue weighted by atomic mass is 10.0. The second-order valence-corrected chi connectivity index (χ2v) is 6.71. The monoisotopic (exact) mass is 301 g/mol. The molecule has 5 heteroatoms. The maximum atomic E-state index is 11.8. The first-order valence-corrected chi connectivity index (χ1v) is 8.34. The summed E-state index contributed by atoms with van der Waals surface area (Å²) in [6.45, 7) is 0. The number of aromatic nitrogens is 3. The van der Waals surface area contributed by atoms with Gasteiger partial charge in [0, 0.05) is 29.6 Å². The molecule has 1 aliphatic rings. The minimum atomic E-state index is -0.0748. The van der Waals surface area contributed by atoms with Crippen LogP contribution in [0.15, 0.2) is 40.4 Å². The second kappa shape index (κ2) is 6.89. The van der Waals surface area contributed by atoms with Crippen molar-refractivity contribution >= 4 is 11.8 Å². The largest absolute Gasteiger partial charge is 0.301 e. The standard InChI is InChI=1S/C16H19N3OS/c20-15-11-13(10-12-6-4-5-9-17-12)18-16(19-15)21-14-7-2-1-3-8-14/h4-6,9,11,14H,1-3,7-8,10H2,(H,18,19,20). The smallest absolute Gasteiger partial charge is 0.251 e. The zero-order chi connectivity index (χ0) is 14.5. The van der Waals surface area contributed by atoms with E-state index in [1.54, 1.807) is 24.0 Å². The van der Waals surface area contributed by atoms with E-state index < -0.39 is 0 Å². The van der Waals surface area contributed by atoms with Crippen molar-refractivity contribution in [2.24, 2.45) is 0 Å². The van der Waals surface area contributed by atoms with Gasteiger partial charge in [0.1, 0.15) is 0 Å². The molecule has 0 aromatic carbocycles. The van der Waals surface area contributed by atoms with Crippen LogP contribution in [-0.4, -0.2) is 20.2 Å². The van der Waals surface area contributed by atoms with Crippen LogP contribution < -0.4 is 5.56 Å². The average Bonchev–Trinajstić information content (AvgIpc) is 2.48. The number of H-pyrrole nitrogens is 1. The van der Waals surface area contributed by atoms with E-state index in [0.29, 0.717) is 11.7 Å². The molecule has 1 aliphatic carbocycles. The summed E-state index contributed by atoms with van der Waals surface area (Å²) in [5, 5.41) is 1.34. The molecule has 0 amide bonds. The summed E-state index contributed by atoms with van der Waals surface area (Å²) in [6.07, 6.45) is 8.71. The molecule has 4 nitrogen and oxygen atoms in total. The van der Waals surface area contributed by atoms with Crippen LogP contribution in [0.4, 0.5) is 0 Å². The van der Waals surface area contributed by atoms with Gasteiger partial charge in [0.2, 0.25) is 0 Å². The van der Waals surface area contributed by atoms with E-state index in [2.05, 4.69) is 15.0 Å². The highest BCUT2D eigenvalue weighted by Crippen LogP contribution is 2.31. The average molecular weight is 301 g/mol. The Morgan fingerprint density at radius 2 is 2.05 bits per heavy atom. The zero-order valence-electron chi connectivity index (χ0n) is 11.9. The molecule has 0 aliphatic heterocycles. The second-order valence-electron chi connectivity index (χ2n) is 5.42. The number of nitrogens with one attached hydrogen (secondary N) is 1. The van der Waals surface area contributed by atoms with E-state index in [1.165, 1.54) is 32.1 Å². The molecule has 1 fully saturated rings. The summed E-state index contributed by atoms with van der Waals surface area (Å²) < 4.78 is 0. The van der Waals surface area contributed by atoms with E-state index in [1.807, 2.05) is 18.2 Å². The molecule has 2 aromatic rings. The van der Waals surface area contributed by atoms with Crippen molar-refractivity contribution in [3.05, 3.63) is 52.2 Å². The molecule has 1 saturated carbocycles. The molecule has 3 rings (SSSR count). The van der Waals surface area contributed by atoms with Crippen molar-refractivity contribution in [2.75, 3.05) is 0 Å². The lowest BCUT2D eigenvalue weighted by molar-refractivity contribution is 0.515. The number of nitrogens with zero attached hydrogens (tertiary/aromatic N) is 2. The van der Waals surface area contributed by atoms with E-state index in [4.69, 9.17) is 0 Å². The molecule has 110 valence electrons. The van der Waals surface area contributed by atoms with Crippen LogP contribution in [0.25, 0.3) is 0 Å². The Hall–Kier alpha value is -1.62. The Kier molecular flexibility index (Phi) is 4.70. The van der Waals surface area contributed by atoms with E-state index in [0.717, 1.165) is 16.5 Å². The first kappa shape index (κ1) is 14.3. The summed E-state index contributed by atoms with van der Waals surface area (Å²) in [5.74, 6) is 0. The molecule has 0 bridgehead atoms. The first-order chi connectivity index (χ1) is 10.3. The number of rotatable bonds is 4. The van der Waals surface area contributed by atoms with E-state index in [-0.39, 0.29) is 5.56 Å². The third-order valence-corrected chi connectivity index (χ3v) is 4.91. The molecule has 21 heavy (non-hydrogen) atoms. The van der Waals surface area contributed by atoms with Crippen molar-refractivity contribution in [3.8, 4) is 0 Å². The summed E-state index contributed by atoms with van der Waals surface area (Å²) in [7, 11) is 0. The van der Waals surface area contributed by atoms with Crippen LogP contribution in [0, 0.1) is 0 Å². The number of aromatic amines is 1. The van der Waals surface area contributed by atoms with E-state index >= 15 is 0 Å². The van der Waals surface area contributed by atoms with Gasteiger partial charge in [0.05, 0.1) is 5.69 Å². The molecule has 0 radical (unpaired) electrons. The van der Waals surface area contributed by atoms with Gasteiger partial charge in [0.25, 0.3) is 5.56 Å². The highest BCUT2D eigenvalue weighted by molar-refractivity contribution is 7.99. The van der Waals surface area contributed by atoms with Crippen molar-refractivity contribution in [1.82, 2.24) is 15.0 Å². The van der Waals surface area contributed by atoms with Gasteiger partial charge in [-0.3, -0.25) is 9.78 Å². The van der Waals surface area contributed by atoms with Gasteiger partial charge < -0.3 is 4.98 Å². The van der Waals surface area contributed by atoms with Gasteiger partial charge in [0.15, 0.2) is 5.16 Å². The van der Waals surface area contributed by atoms with Crippen LogP contribution in [0.1, 0.15) is 43.5 Å². The van der Waals surface area contributed by atoms with Gasteiger partial charge >= 0.3 is 0 Å². The Labute approximate surface area is 128 Å². The summed E-state index contributed by atoms with van der Waals surface area (Å²) in [5.41, 5.74) is 1.65. The Morgan fingerprint density at radius 1 is 1.19 bits per heavy atom. The van der Waals surface area contributed by atoms with Crippen molar-refractivity contribution in [3.63, 3.8) is 0 Å². The normalized spacial score (nSPS) is 16.0. The fourth-order valence-corrected chi connectivity index (χ4v) is 3.87. The van der Waals surface area contributed by atoms with Crippen LogP contribution in [0.2, 0.25) is 0 Å². The number of pyridine rings is 1. The topological polar surface area (TPSA) is 58.6 Å². The molecule has 0 saturated heterocycles. The van der Waals surface area contributed by atoms with Gasteiger partial charge in [-0.05, 0) is 25.0 Å². The lowest BCUT2D eigenvalue weighted by Crippen LogP contribution is -2.14. The van der Waals surface area contributed by atoms with Gasteiger partial charge in [-0.15, -0.1) is 0 Å². The van der Waals surface area contributed by atoms with Crippen LogP contribution in [0.3, 0.4) is 0 Å². The molecule has 0 spiro atoms. The Morgan fingerprint density at radius 3 is 2.81 bits per heavy atom. The maximum absolute atomic E-state index is 11.8. The van der Waals surface area contributed by atoms with Crippen LogP contribution in [0.5, 0.6) is 0 Å². The van der Waals surface area contributed by atoms with Gasteiger partial charge in [-0.2, -0.15) is 0 Å². The highest BCUT2D eigenvalue weighted by atomic mass is 32.2. The first-order valence-electron chi connectivity index (χ1n) is 7.46. The highest BCUT2D eigenvalue weighted by Gasteiger charge is 2.16. The third-order valence-electron chi connectivity index (χ3n) is 3.69. The van der Waals surface area contributed by atoms with Crippen molar-refractivity contribution < 1.29 is 0 Å². The SMILES string of the molecule is O=c1cc(Cc2ccccn2)nc(SC2CCCCC2)[nH]1. The predicted molar refractivity (Wildman–Crippen MR) is 84.6 cm³/mol. The van der Waals surface area contributed by atoms with Crippen LogP contribution >= 0.6 is 11.8 Å². The molecule has 2 aromatic heterocycles. The van der Waals surface area contributed by atoms with Crippen LogP contribution in [-0.2, 0) is 6.42 Å². The Bertz CT molecular complexity index is 635. The molecular weight excluding hydrogens is 282 g/mol. The fraction of sp³-hybridized carbons (Fsp3) is 0.438. The summed E-state index contributed by atoms with van der Waals surface area (Å²) >= 11 is 1.72. The molecule has 1 N–H and O–H groups in total. The zero-order valence-corrected chi connectivity index (χ0v) is 12.7. The quantitative estimate of drug-likeness (QED) is 0.881. The number of hydrogen-bond acceptors (Lipinski definition) is 4. The molecule has 2 heterocycles. The van der Waals surface area contributed by atoms with Gasteiger partial charge in [-0.1, -0.05) is 37.1 Å². The van der Waals surface area contributed by atoms with Gasteiger partial charge in [-0.25, -0.2) is 4.98 Å². The Balaban J connectivity index is 1.74. The van der Waals surface area contributed by atoms with Crippen molar-refractivity contribution in [1.29, 1.82) is 0 Å². The third kappa shape index (κ3) is 4.17. The molecule has 0 unspecified atom stereocenters. The minimum Gasteiger partial charge on any atom is -0.301 e. The number of thioether (sulfide) groups is 1. The maximum Gasteiger partial charge on any atom is 0.251 e. The predicted octanol–water partition coefficient (Wildman–Crippen LogP) is 3.18.